The average molecular weight is 1420 g/mol. The third kappa shape index (κ3) is 14.3. The number of methoxy groups -OCH3 is 3. The number of rotatable bonds is 14. The number of nitrogens with one attached hydrogen (secondary N) is 4. The second-order valence-corrected chi connectivity index (χ2v) is 29.2. The minimum absolute atomic E-state index is 0.00849. The van der Waals surface area contributed by atoms with E-state index in [1.807, 2.05) is 140 Å². The Hall–Kier alpha value is -9.88. The number of amides is 3. The summed E-state index contributed by atoms with van der Waals surface area (Å²) in [6.07, 6.45) is 21.1. The Labute approximate surface area is 593 Å². The lowest BCUT2D eigenvalue weighted by Crippen LogP contribution is -2.24. The molecule has 0 saturated heterocycles. The molecule has 21 nitrogen and oxygen atoms in total. The molecule has 0 spiro atoms. The number of benzene rings is 6. The van der Waals surface area contributed by atoms with Crippen molar-refractivity contribution in [2.24, 2.45) is 0 Å². The van der Waals surface area contributed by atoms with E-state index in [4.69, 9.17) is 50.0 Å². The Kier molecular flexibility index (Phi) is 19.5. The highest BCUT2D eigenvalue weighted by atomic mass is 35.5. The number of H-pyrrole nitrogens is 1. The van der Waals surface area contributed by atoms with Crippen LogP contribution in [0.1, 0.15) is 147 Å². The quantitative estimate of drug-likeness (QED) is 0.0791. The molecule has 3 saturated carbocycles. The minimum atomic E-state index is -0.117. The zero-order chi connectivity index (χ0) is 68.2. The Morgan fingerprint density at radius 1 is 0.470 bits per heavy atom. The fourth-order valence-electron chi connectivity index (χ4n) is 14.0. The summed E-state index contributed by atoms with van der Waals surface area (Å²) < 4.78 is 42.8. The van der Waals surface area contributed by atoms with E-state index >= 15 is 0 Å². The first-order valence-electron chi connectivity index (χ1n) is 33.8. The van der Waals surface area contributed by atoms with E-state index in [0.29, 0.717) is 41.2 Å². The summed E-state index contributed by atoms with van der Waals surface area (Å²) in [6.45, 7) is 0. The summed E-state index contributed by atoms with van der Waals surface area (Å²) in [5.41, 5.74) is 8.88. The fourth-order valence-corrected chi connectivity index (χ4v) is 16.9. The van der Waals surface area contributed by atoms with Gasteiger partial charge in [0.05, 0.1) is 82.7 Å². The van der Waals surface area contributed by atoms with E-state index in [0.717, 1.165) is 147 Å². The van der Waals surface area contributed by atoms with Gasteiger partial charge in [0.2, 0.25) is 28.0 Å². The largest absolute Gasteiger partial charge is 0.493 e. The van der Waals surface area contributed by atoms with Crippen molar-refractivity contribution in [3.8, 4) is 44.8 Å². The van der Waals surface area contributed by atoms with Gasteiger partial charge in [-0.1, -0.05) is 88.9 Å². The van der Waals surface area contributed by atoms with E-state index in [1.165, 1.54) is 49.9 Å². The van der Waals surface area contributed by atoms with Gasteiger partial charge in [-0.2, -0.15) is 14.9 Å². The molecule has 3 fully saturated rings. The predicted octanol–water partition coefficient (Wildman–Crippen LogP) is 16.7. The molecule has 0 bridgehead atoms. The van der Waals surface area contributed by atoms with Gasteiger partial charge in [-0.3, -0.25) is 19.5 Å². The van der Waals surface area contributed by atoms with Crippen LogP contribution in [0, 0.1) is 0 Å². The number of halogens is 1. The van der Waals surface area contributed by atoms with Crippen LogP contribution in [0.2, 0.25) is 4.47 Å². The van der Waals surface area contributed by atoms with Crippen molar-refractivity contribution in [3.05, 3.63) is 184 Å². The van der Waals surface area contributed by atoms with Gasteiger partial charge in [0.1, 0.15) is 11.6 Å². The average Bonchev–Trinajstić information content (AvgIpc) is 1.59. The lowest BCUT2D eigenvalue weighted by molar-refractivity contribution is -0.117. The van der Waals surface area contributed by atoms with Crippen molar-refractivity contribution in [2.75, 3.05) is 37.3 Å². The maximum absolute atomic E-state index is 12.7. The van der Waals surface area contributed by atoms with Crippen LogP contribution < -0.4 is 44.4 Å². The summed E-state index contributed by atoms with van der Waals surface area (Å²) in [5.74, 6) is 6.03. The van der Waals surface area contributed by atoms with Gasteiger partial charge in [0.15, 0.2) is 44.8 Å². The molecule has 6 aromatic heterocycles. The van der Waals surface area contributed by atoms with Crippen LogP contribution in [0.15, 0.2) is 146 Å². The van der Waals surface area contributed by atoms with Crippen molar-refractivity contribution in [1.82, 2.24) is 44.7 Å². The van der Waals surface area contributed by atoms with Crippen LogP contribution in [0.25, 0.3) is 40.9 Å². The summed E-state index contributed by atoms with van der Waals surface area (Å²) >= 11 is 10.3. The first-order valence-corrected chi connectivity index (χ1v) is 36.7. The van der Waals surface area contributed by atoms with Gasteiger partial charge in [-0.05, 0) is 167 Å². The van der Waals surface area contributed by atoms with E-state index in [1.54, 1.807) is 59.6 Å². The molecule has 512 valence electrons. The van der Waals surface area contributed by atoms with E-state index in [2.05, 4.69) is 41.3 Å². The highest BCUT2D eigenvalue weighted by Gasteiger charge is 2.35. The van der Waals surface area contributed by atoms with Crippen LogP contribution in [-0.2, 0) is 14.4 Å². The van der Waals surface area contributed by atoms with Gasteiger partial charge in [0.25, 0.3) is 0 Å². The molecule has 4 N–H and O–H groups in total. The van der Waals surface area contributed by atoms with Crippen LogP contribution >= 0.6 is 45.6 Å². The van der Waals surface area contributed by atoms with Gasteiger partial charge < -0.3 is 44.4 Å². The monoisotopic (exact) mass is 1420 g/mol. The van der Waals surface area contributed by atoms with Crippen LogP contribution in [0.4, 0.5) is 17.5 Å². The summed E-state index contributed by atoms with van der Waals surface area (Å²) in [7, 11) is 4.97. The molecule has 100 heavy (non-hydrogen) atoms. The van der Waals surface area contributed by atoms with Crippen molar-refractivity contribution in [3.63, 3.8) is 0 Å². The zero-order valence-corrected chi connectivity index (χ0v) is 58.5. The number of nitrogens with zero attached hydrogens (tertiary/aromatic N) is 8. The zero-order valence-electron chi connectivity index (χ0n) is 55.3. The van der Waals surface area contributed by atoms with Crippen molar-refractivity contribution in [2.45, 2.75) is 132 Å². The SMILES string of the molecule is COc1ccc(C2CC(=O)Nc3[nH]ncc32)cc1OC1CCCC1.COc1ccc(C2CC(=O)Nc3c2cnn3-c2nc3ccccc3s2)cc1OC1CCCC1.COc1ccc(C2CC(=O)Nc3nn(-c4nc5ccccc5s4)cc32)cc1OC1CCCC1.Clc1nc2ccccc2s1. The summed E-state index contributed by atoms with van der Waals surface area (Å²) in [4.78, 5) is 50.8. The van der Waals surface area contributed by atoms with E-state index in [9.17, 15) is 14.4 Å². The number of ether oxygens (including phenoxy) is 6. The van der Waals surface area contributed by atoms with Gasteiger partial charge in [0, 0.05) is 59.9 Å². The van der Waals surface area contributed by atoms with Gasteiger partial charge in [-0.15, -0.1) is 16.4 Å². The second-order valence-electron chi connectivity index (χ2n) is 25.5. The lowest BCUT2D eigenvalue weighted by atomic mass is 9.87. The first kappa shape index (κ1) is 66.0. The lowest BCUT2D eigenvalue weighted by Gasteiger charge is -2.24. The summed E-state index contributed by atoms with van der Waals surface area (Å²) in [6, 6.07) is 41.8. The molecule has 3 aliphatic heterocycles. The van der Waals surface area contributed by atoms with E-state index in [-0.39, 0.29) is 53.8 Å². The molecule has 9 heterocycles. The Morgan fingerprint density at radius 3 is 1.41 bits per heavy atom. The number of hydrogen-bond donors (Lipinski definition) is 4. The smallest absolute Gasteiger partial charge is 0.226 e. The normalized spacial score (nSPS) is 18.1. The summed E-state index contributed by atoms with van der Waals surface area (Å²) in [5, 5.41) is 26.5. The number of thiazole rings is 3. The minimum Gasteiger partial charge on any atom is -0.493 e. The molecule has 25 heteroatoms. The van der Waals surface area contributed by atoms with Gasteiger partial charge in [-0.25, -0.2) is 19.6 Å². The Balaban J connectivity index is 0.000000115. The topological polar surface area (TPSA) is 246 Å². The van der Waals surface area contributed by atoms with Gasteiger partial charge >= 0.3 is 0 Å². The third-order valence-electron chi connectivity index (χ3n) is 19.1. The molecule has 6 aromatic carbocycles. The molecular formula is C75H73ClN12O9S3. The van der Waals surface area contributed by atoms with Crippen LogP contribution in [0.5, 0.6) is 34.5 Å². The second kappa shape index (κ2) is 29.5. The molecule has 3 aliphatic carbocycles. The predicted molar refractivity (Wildman–Crippen MR) is 390 cm³/mol. The maximum Gasteiger partial charge on any atom is 0.226 e. The van der Waals surface area contributed by atoms with Crippen molar-refractivity contribution < 1.29 is 42.8 Å². The number of anilines is 3. The molecule has 18 rings (SSSR count). The highest BCUT2D eigenvalue weighted by molar-refractivity contribution is 7.22. The van der Waals surface area contributed by atoms with Crippen LogP contribution in [-0.4, -0.2) is 102 Å². The number of aromatic amines is 1. The Morgan fingerprint density at radius 2 is 0.910 bits per heavy atom. The molecule has 0 radical (unpaired) electrons. The molecule has 6 aliphatic rings. The number of aromatic nitrogens is 9. The molecular weight excluding hydrogens is 1340 g/mol. The number of fused-ring (bicyclic) bond motifs is 6. The van der Waals surface area contributed by atoms with Crippen molar-refractivity contribution in [1.29, 1.82) is 0 Å². The molecule has 3 unspecified atom stereocenters. The highest BCUT2D eigenvalue weighted by Crippen LogP contribution is 2.46. The standard InChI is InChI=1S/2C25H24N4O3S.C18H21N3O3.C7H4ClNS/c1-31-20-11-10-15(12-21(20)32-16-6-2-3-7-16)17-13-23(30)27-24-18(17)14-29(28-24)25-26-19-8-4-5-9-22(19)33-25;1-31-20-11-10-15(12-21(20)32-16-6-2-3-7-16)17-13-23(30)28-24-18(17)14-26-29(24)25-27-19-8-4-5-9-22(19)33-25;1-23-15-7-6-11(8-16(15)24-12-4-2-3-5-12)13-9-17(22)20-18-14(13)10-19-21-18;8-7-9-5-3-1-2-4-6(5)10-7/h4-5,8-12,14,16-17H,2-3,6-7,13H2,1H3,(H,27,28,30);4-5,8-12,14,16-17H,2-3,6-7,13H2,1H3,(H,28,30);6-8,10,12-13H,2-5,9H2,1H3,(H2,19,20,21,22);1-4H. The van der Waals surface area contributed by atoms with Crippen molar-refractivity contribution >= 4 is 111 Å². The third-order valence-corrected chi connectivity index (χ3v) is 22.2. The number of carbonyl (C=O) groups is 3. The fraction of sp³-hybridized carbons (Fsp3) is 0.320. The number of para-hydroxylation sites is 3. The first-order chi connectivity index (χ1) is 49.0. The maximum atomic E-state index is 12.7. The van der Waals surface area contributed by atoms with Crippen LogP contribution in [0.3, 0.4) is 0 Å². The molecule has 12 aromatic rings. The van der Waals surface area contributed by atoms with E-state index < -0.39 is 0 Å². The molecule has 3 amide bonds. The molecule has 3 atom stereocenters. The number of carbonyl (C=O) groups excluding carboxylic acids is 3. The Bertz CT molecular complexity index is 4770. The number of hydrogen-bond acceptors (Lipinski definition) is 18.